The SMILES string of the molecule is c1ccc(-c2nc(-c3ccccc3)nc(-c3cccc4sc5cc(-c6cc(-c7ccccc7)c7c(c6)sc6ccccc67)ccc5c34)n2)cc1. The highest BCUT2D eigenvalue weighted by Gasteiger charge is 2.18. The number of nitrogens with zero attached hydrogens (tertiary/aromatic N) is 3. The molecule has 0 spiro atoms. The Labute approximate surface area is 296 Å². The summed E-state index contributed by atoms with van der Waals surface area (Å²) in [5.41, 5.74) is 7.87. The van der Waals surface area contributed by atoms with E-state index in [1.54, 1.807) is 0 Å². The van der Waals surface area contributed by atoms with E-state index in [1.165, 1.54) is 62.6 Å². The fraction of sp³-hybridized carbons (Fsp3) is 0. The number of thiophene rings is 2. The molecular formula is C45H27N3S2. The number of benzene rings is 7. The van der Waals surface area contributed by atoms with Gasteiger partial charge >= 0.3 is 0 Å². The molecule has 5 heteroatoms. The van der Waals surface area contributed by atoms with Crippen LogP contribution in [0.2, 0.25) is 0 Å². The first-order chi connectivity index (χ1) is 24.8. The third kappa shape index (κ3) is 4.90. The molecule has 234 valence electrons. The fourth-order valence-corrected chi connectivity index (χ4v) is 9.33. The Hall–Kier alpha value is -6.01. The normalized spacial score (nSPS) is 11.6. The molecule has 10 aromatic rings. The lowest BCUT2D eigenvalue weighted by Crippen LogP contribution is -2.00. The average molecular weight is 674 g/mol. The van der Waals surface area contributed by atoms with E-state index in [2.05, 4.69) is 127 Å². The molecule has 0 fully saturated rings. The van der Waals surface area contributed by atoms with Gasteiger partial charge in [-0.2, -0.15) is 0 Å². The summed E-state index contributed by atoms with van der Waals surface area (Å²) in [7, 11) is 0. The molecule has 0 saturated heterocycles. The van der Waals surface area contributed by atoms with E-state index in [4.69, 9.17) is 15.0 Å². The minimum atomic E-state index is 0.666. The standard InChI is InChI=1S/C45H27N3S2/c1-4-13-28(14-5-1)36-25-32(27-40-42(36)33-19-10-11-21-37(33)49-40)31-23-24-34-39(26-31)50-38-22-12-20-35(41(34)38)45-47-43(29-15-6-2-7-16-29)46-44(48-45)30-17-8-3-9-18-30/h1-27H. The summed E-state index contributed by atoms with van der Waals surface area (Å²) < 4.78 is 5.07. The van der Waals surface area contributed by atoms with E-state index in [1.807, 2.05) is 59.1 Å². The van der Waals surface area contributed by atoms with Gasteiger partial charge in [0.25, 0.3) is 0 Å². The molecule has 50 heavy (non-hydrogen) atoms. The van der Waals surface area contributed by atoms with Crippen molar-refractivity contribution in [3.63, 3.8) is 0 Å². The van der Waals surface area contributed by atoms with Gasteiger partial charge in [-0.05, 0) is 52.6 Å². The summed E-state index contributed by atoms with van der Waals surface area (Å²) in [5.74, 6) is 2.01. The number of hydrogen-bond donors (Lipinski definition) is 0. The van der Waals surface area contributed by atoms with E-state index < -0.39 is 0 Å². The number of fused-ring (bicyclic) bond motifs is 6. The Morgan fingerprint density at radius 1 is 0.300 bits per heavy atom. The molecule has 7 aromatic carbocycles. The zero-order valence-electron chi connectivity index (χ0n) is 26.7. The van der Waals surface area contributed by atoms with Crippen LogP contribution in [0.1, 0.15) is 0 Å². The number of rotatable bonds is 5. The van der Waals surface area contributed by atoms with Crippen LogP contribution in [0.15, 0.2) is 164 Å². The van der Waals surface area contributed by atoms with Crippen LogP contribution in [0, 0.1) is 0 Å². The van der Waals surface area contributed by atoms with Crippen LogP contribution in [0.5, 0.6) is 0 Å². The van der Waals surface area contributed by atoms with Gasteiger partial charge in [0.1, 0.15) is 0 Å². The first kappa shape index (κ1) is 29.0. The summed E-state index contributed by atoms with van der Waals surface area (Å²) in [5, 5.41) is 5.02. The van der Waals surface area contributed by atoms with Crippen LogP contribution in [-0.2, 0) is 0 Å². The van der Waals surface area contributed by atoms with Gasteiger partial charge in [-0.3, -0.25) is 0 Å². The summed E-state index contributed by atoms with van der Waals surface area (Å²) in [6.07, 6.45) is 0. The quantitative estimate of drug-likeness (QED) is 0.182. The summed E-state index contributed by atoms with van der Waals surface area (Å²) in [6.45, 7) is 0. The van der Waals surface area contributed by atoms with Gasteiger partial charge in [-0.15, -0.1) is 22.7 Å². The Morgan fingerprint density at radius 2 is 0.840 bits per heavy atom. The predicted molar refractivity (Wildman–Crippen MR) is 213 cm³/mol. The molecule has 10 rings (SSSR count). The second-order valence-corrected chi connectivity index (χ2v) is 14.6. The second-order valence-electron chi connectivity index (χ2n) is 12.4. The maximum absolute atomic E-state index is 5.07. The van der Waals surface area contributed by atoms with Crippen molar-refractivity contribution in [2.24, 2.45) is 0 Å². The monoisotopic (exact) mass is 673 g/mol. The van der Waals surface area contributed by atoms with E-state index in [9.17, 15) is 0 Å². The third-order valence-electron chi connectivity index (χ3n) is 9.33. The van der Waals surface area contributed by atoms with Gasteiger partial charge < -0.3 is 0 Å². The number of aromatic nitrogens is 3. The molecule has 3 nitrogen and oxygen atoms in total. The zero-order valence-corrected chi connectivity index (χ0v) is 28.4. The Morgan fingerprint density at radius 3 is 1.56 bits per heavy atom. The Balaban J connectivity index is 1.15. The van der Waals surface area contributed by atoms with Gasteiger partial charge in [0.05, 0.1) is 0 Å². The molecule has 0 saturated carbocycles. The van der Waals surface area contributed by atoms with E-state index in [-0.39, 0.29) is 0 Å². The summed E-state index contributed by atoms with van der Waals surface area (Å²) in [4.78, 5) is 15.1. The van der Waals surface area contributed by atoms with Crippen LogP contribution in [0.4, 0.5) is 0 Å². The van der Waals surface area contributed by atoms with Crippen LogP contribution < -0.4 is 0 Å². The minimum Gasteiger partial charge on any atom is -0.208 e. The van der Waals surface area contributed by atoms with Crippen molar-refractivity contribution in [3.05, 3.63) is 164 Å². The van der Waals surface area contributed by atoms with Gasteiger partial charge in [0.2, 0.25) is 0 Å². The van der Waals surface area contributed by atoms with Crippen LogP contribution >= 0.6 is 22.7 Å². The van der Waals surface area contributed by atoms with Gasteiger partial charge in [-0.1, -0.05) is 133 Å². The molecule has 0 bridgehead atoms. The highest BCUT2D eigenvalue weighted by atomic mass is 32.1. The lowest BCUT2D eigenvalue weighted by Gasteiger charge is -2.10. The van der Waals surface area contributed by atoms with Crippen molar-refractivity contribution in [2.45, 2.75) is 0 Å². The van der Waals surface area contributed by atoms with Crippen molar-refractivity contribution in [2.75, 3.05) is 0 Å². The molecule has 0 aliphatic heterocycles. The smallest absolute Gasteiger partial charge is 0.164 e. The maximum Gasteiger partial charge on any atom is 0.164 e. The minimum absolute atomic E-state index is 0.666. The second kappa shape index (κ2) is 11.8. The van der Waals surface area contributed by atoms with Gasteiger partial charge in [0, 0.05) is 57.0 Å². The average Bonchev–Trinajstić information content (AvgIpc) is 3.76. The topological polar surface area (TPSA) is 38.7 Å². The number of hydrogen-bond acceptors (Lipinski definition) is 5. The zero-order chi connectivity index (χ0) is 33.0. The summed E-state index contributed by atoms with van der Waals surface area (Å²) >= 11 is 3.69. The molecule has 0 aliphatic rings. The molecule has 0 N–H and O–H groups in total. The first-order valence-corrected chi connectivity index (χ1v) is 18.2. The van der Waals surface area contributed by atoms with E-state index in [0.717, 1.165) is 16.7 Å². The van der Waals surface area contributed by atoms with Crippen LogP contribution in [0.3, 0.4) is 0 Å². The molecule has 0 atom stereocenters. The van der Waals surface area contributed by atoms with Crippen molar-refractivity contribution < 1.29 is 0 Å². The first-order valence-electron chi connectivity index (χ1n) is 16.6. The molecular weight excluding hydrogens is 647 g/mol. The van der Waals surface area contributed by atoms with Crippen molar-refractivity contribution in [1.29, 1.82) is 0 Å². The van der Waals surface area contributed by atoms with Gasteiger partial charge in [0.15, 0.2) is 17.5 Å². The summed E-state index contributed by atoms with van der Waals surface area (Å²) in [6, 6.07) is 57.9. The van der Waals surface area contributed by atoms with Crippen LogP contribution in [-0.4, -0.2) is 15.0 Å². The third-order valence-corrected chi connectivity index (χ3v) is 11.6. The molecule has 0 radical (unpaired) electrons. The van der Waals surface area contributed by atoms with Crippen molar-refractivity contribution in [1.82, 2.24) is 15.0 Å². The highest BCUT2D eigenvalue weighted by molar-refractivity contribution is 7.26. The van der Waals surface area contributed by atoms with Crippen molar-refractivity contribution >= 4 is 63.0 Å². The lowest BCUT2D eigenvalue weighted by atomic mass is 9.94. The molecule has 0 aliphatic carbocycles. The fourth-order valence-electron chi connectivity index (χ4n) is 6.99. The van der Waals surface area contributed by atoms with Crippen LogP contribution in [0.25, 0.3) is 96.8 Å². The Bertz CT molecular complexity index is 2800. The molecule has 3 heterocycles. The lowest BCUT2D eigenvalue weighted by molar-refractivity contribution is 1.08. The molecule has 0 unspecified atom stereocenters. The van der Waals surface area contributed by atoms with E-state index >= 15 is 0 Å². The Kier molecular flexibility index (Phi) is 6.86. The predicted octanol–water partition coefficient (Wildman–Crippen LogP) is 12.9. The largest absolute Gasteiger partial charge is 0.208 e. The highest BCUT2D eigenvalue weighted by Crippen LogP contribution is 2.45. The molecule has 3 aromatic heterocycles. The maximum atomic E-state index is 5.07. The molecule has 0 amide bonds. The van der Waals surface area contributed by atoms with Gasteiger partial charge in [-0.25, -0.2) is 15.0 Å². The van der Waals surface area contributed by atoms with E-state index in [0.29, 0.717) is 17.5 Å². The van der Waals surface area contributed by atoms with Crippen molar-refractivity contribution in [3.8, 4) is 56.4 Å².